The fourth-order valence-corrected chi connectivity index (χ4v) is 6.11. The van der Waals surface area contributed by atoms with Crippen molar-refractivity contribution in [3.05, 3.63) is 0 Å². The SMILES string of the molecule is CC(CCOC(=O)C12CCC(CC1)C2)CCOC(=O)C12CCC(CC1)C2. The van der Waals surface area contributed by atoms with Crippen molar-refractivity contribution < 1.29 is 19.1 Å². The molecule has 4 rings (SSSR count). The van der Waals surface area contributed by atoms with Crippen molar-refractivity contribution in [2.45, 2.75) is 84.0 Å². The molecule has 4 aliphatic rings. The molecule has 0 amide bonds. The van der Waals surface area contributed by atoms with Crippen molar-refractivity contribution in [2.24, 2.45) is 28.6 Å². The Morgan fingerprint density at radius 3 is 1.50 bits per heavy atom. The molecule has 0 aromatic carbocycles. The molecule has 4 bridgehead atoms. The Hall–Kier alpha value is -1.06. The minimum atomic E-state index is -0.136. The Morgan fingerprint density at radius 1 is 0.808 bits per heavy atom. The highest BCUT2D eigenvalue weighted by atomic mass is 16.5. The maximum absolute atomic E-state index is 12.4. The van der Waals surface area contributed by atoms with Gasteiger partial charge < -0.3 is 9.47 Å². The summed E-state index contributed by atoms with van der Waals surface area (Å²) in [5.41, 5.74) is -0.271. The third-order valence-corrected chi connectivity index (χ3v) is 8.04. The molecule has 26 heavy (non-hydrogen) atoms. The van der Waals surface area contributed by atoms with Crippen molar-refractivity contribution in [3.63, 3.8) is 0 Å². The quantitative estimate of drug-likeness (QED) is 0.590. The summed E-state index contributed by atoms with van der Waals surface area (Å²) in [5.74, 6) is 2.04. The molecule has 0 saturated heterocycles. The summed E-state index contributed by atoms with van der Waals surface area (Å²) < 4.78 is 11.2. The van der Waals surface area contributed by atoms with Gasteiger partial charge in [-0.25, -0.2) is 0 Å². The fraction of sp³-hybridized carbons (Fsp3) is 0.909. The van der Waals surface area contributed by atoms with Crippen LogP contribution in [0.15, 0.2) is 0 Å². The standard InChI is InChI=1S/C22H34O4/c1-16(6-12-25-19(23)21-8-2-17(14-21)3-9-21)7-13-26-20(24)22-10-4-18(15-22)5-11-22/h16-18H,2-15H2,1H3. The van der Waals surface area contributed by atoms with Crippen LogP contribution in [0.3, 0.4) is 0 Å². The molecular weight excluding hydrogens is 328 g/mol. The Morgan fingerprint density at radius 2 is 1.19 bits per heavy atom. The molecule has 0 heterocycles. The van der Waals surface area contributed by atoms with Crippen LogP contribution in [0.25, 0.3) is 0 Å². The lowest BCUT2D eigenvalue weighted by Crippen LogP contribution is -2.29. The van der Waals surface area contributed by atoms with Gasteiger partial charge in [0, 0.05) is 0 Å². The molecule has 0 spiro atoms. The second kappa shape index (κ2) is 7.16. The molecule has 0 aliphatic heterocycles. The van der Waals surface area contributed by atoms with E-state index in [1.54, 1.807) is 0 Å². The van der Waals surface area contributed by atoms with E-state index in [-0.39, 0.29) is 22.8 Å². The van der Waals surface area contributed by atoms with Gasteiger partial charge in [-0.1, -0.05) is 6.92 Å². The summed E-state index contributed by atoms with van der Waals surface area (Å²) in [5, 5.41) is 0. The number of carbonyl (C=O) groups is 2. The fourth-order valence-electron chi connectivity index (χ4n) is 6.11. The van der Waals surface area contributed by atoms with Gasteiger partial charge in [0.1, 0.15) is 0 Å². The minimum absolute atomic E-state index is 0.0484. The van der Waals surface area contributed by atoms with Gasteiger partial charge in [-0.2, -0.15) is 0 Å². The molecule has 4 nitrogen and oxygen atoms in total. The number of carbonyl (C=O) groups excluding carboxylic acids is 2. The van der Waals surface area contributed by atoms with Gasteiger partial charge in [0.25, 0.3) is 0 Å². The monoisotopic (exact) mass is 362 g/mol. The topological polar surface area (TPSA) is 52.6 Å². The third kappa shape index (κ3) is 3.41. The van der Waals surface area contributed by atoms with Crippen LogP contribution in [0.5, 0.6) is 0 Å². The molecule has 4 saturated carbocycles. The number of ether oxygens (including phenoxy) is 2. The second-order valence-corrected chi connectivity index (χ2v) is 9.81. The van der Waals surface area contributed by atoms with Crippen LogP contribution < -0.4 is 0 Å². The Kier molecular flexibility index (Phi) is 5.04. The van der Waals surface area contributed by atoms with E-state index in [4.69, 9.17) is 9.47 Å². The normalized spacial score (nSPS) is 38.5. The molecule has 0 atom stereocenters. The molecule has 0 radical (unpaired) electrons. The molecular formula is C22H34O4. The van der Waals surface area contributed by atoms with E-state index in [0.29, 0.717) is 19.1 Å². The van der Waals surface area contributed by atoms with Crippen LogP contribution in [0, 0.1) is 28.6 Å². The molecule has 0 unspecified atom stereocenters. The van der Waals surface area contributed by atoms with Gasteiger partial charge in [-0.3, -0.25) is 9.59 Å². The summed E-state index contributed by atoms with van der Waals surface area (Å²) in [4.78, 5) is 24.9. The summed E-state index contributed by atoms with van der Waals surface area (Å²) in [6.07, 6.45) is 12.8. The minimum Gasteiger partial charge on any atom is -0.465 e. The van der Waals surface area contributed by atoms with Crippen LogP contribution >= 0.6 is 0 Å². The van der Waals surface area contributed by atoms with Gasteiger partial charge in [0.05, 0.1) is 24.0 Å². The van der Waals surface area contributed by atoms with E-state index in [2.05, 4.69) is 6.92 Å². The maximum atomic E-state index is 12.4. The Labute approximate surface area is 157 Å². The van der Waals surface area contributed by atoms with E-state index in [0.717, 1.165) is 63.2 Å². The van der Waals surface area contributed by atoms with Gasteiger partial charge in [0.2, 0.25) is 0 Å². The largest absolute Gasteiger partial charge is 0.465 e. The Balaban J connectivity index is 1.11. The highest BCUT2D eigenvalue weighted by Gasteiger charge is 2.52. The van der Waals surface area contributed by atoms with Crippen LogP contribution in [0.1, 0.15) is 84.0 Å². The first-order chi connectivity index (χ1) is 12.5. The molecule has 4 heteroatoms. The van der Waals surface area contributed by atoms with E-state index >= 15 is 0 Å². The number of fused-ring (bicyclic) bond motifs is 4. The van der Waals surface area contributed by atoms with Crippen molar-refractivity contribution in [2.75, 3.05) is 13.2 Å². The van der Waals surface area contributed by atoms with E-state index in [1.165, 1.54) is 25.7 Å². The lowest BCUT2D eigenvalue weighted by Gasteiger charge is -2.25. The number of hydrogen-bond donors (Lipinski definition) is 0. The number of rotatable bonds is 8. The van der Waals surface area contributed by atoms with Crippen molar-refractivity contribution in [1.29, 1.82) is 0 Å². The predicted octanol–water partition coefficient (Wildman–Crippen LogP) is 4.65. The molecule has 0 N–H and O–H groups in total. The van der Waals surface area contributed by atoms with Gasteiger partial charge >= 0.3 is 11.9 Å². The van der Waals surface area contributed by atoms with E-state index in [9.17, 15) is 9.59 Å². The van der Waals surface area contributed by atoms with E-state index in [1.807, 2.05) is 0 Å². The molecule has 4 aliphatic carbocycles. The first-order valence-corrected chi connectivity index (χ1v) is 10.9. The van der Waals surface area contributed by atoms with Crippen LogP contribution in [0.2, 0.25) is 0 Å². The molecule has 0 aromatic rings. The highest BCUT2D eigenvalue weighted by Crippen LogP contribution is 2.55. The summed E-state index contributed by atoms with van der Waals surface area (Å²) in [6, 6.07) is 0. The smallest absolute Gasteiger partial charge is 0.312 e. The molecule has 146 valence electrons. The summed E-state index contributed by atoms with van der Waals surface area (Å²) >= 11 is 0. The number of esters is 2. The first-order valence-electron chi connectivity index (χ1n) is 10.9. The van der Waals surface area contributed by atoms with Crippen LogP contribution in [0.4, 0.5) is 0 Å². The zero-order valence-corrected chi connectivity index (χ0v) is 16.3. The van der Waals surface area contributed by atoms with E-state index < -0.39 is 0 Å². The highest BCUT2D eigenvalue weighted by molar-refractivity contribution is 5.78. The zero-order valence-electron chi connectivity index (χ0n) is 16.3. The zero-order chi connectivity index (χ0) is 18.2. The van der Waals surface area contributed by atoms with Gasteiger partial charge in [-0.05, 0) is 94.8 Å². The number of hydrogen-bond acceptors (Lipinski definition) is 4. The molecule has 4 fully saturated rings. The predicted molar refractivity (Wildman–Crippen MR) is 98.3 cm³/mol. The van der Waals surface area contributed by atoms with Crippen LogP contribution in [-0.4, -0.2) is 25.2 Å². The lowest BCUT2D eigenvalue weighted by atomic mass is 9.84. The van der Waals surface area contributed by atoms with Crippen molar-refractivity contribution >= 4 is 11.9 Å². The average molecular weight is 363 g/mol. The van der Waals surface area contributed by atoms with Crippen molar-refractivity contribution in [1.82, 2.24) is 0 Å². The first kappa shape index (κ1) is 18.3. The maximum Gasteiger partial charge on any atom is 0.312 e. The summed E-state index contributed by atoms with van der Waals surface area (Å²) in [7, 11) is 0. The second-order valence-electron chi connectivity index (χ2n) is 9.81. The third-order valence-electron chi connectivity index (χ3n) is 8.04. The lowest BCUT2D eigenvalue weighted by molar-refractivity contribution is -0.156. The van der Waals surface area contributed by atoms with Gasteiger partial charge in [-0.15, -0.1) is 0 Å². The van der Waals surface area contributed by atoms with Crippen LogP contribution in [-0.2, 0) is 19.1 Å². The summed E-state index contributed by atoms with van der Waals surface area (Å²) in [6.45, 7) is 3.17. The average Bonchev–Trinajstić information content (AvgIpc) is 3.42. The Bertz CT molecular complexity index is 490. The van der Waals surface area contributed by atoms with Crippen molar-refractivity contribution in [3.8, 4) is 0 Å². The molecule has 0 aromatic heterocycles. The van der Waals surface area contributed by atoms with Gasteiger partial charge in [0.15, 0.2) is 0 Å².